The molecule has 2 rings (SSSR count). The second-order valence-electron chi connectivity index (χ2n) is 6.33. The van der Waals surface area contributed by atoms with Crippen molar-refractivity contribution in [1.82, 2.24) is 4.72 Å². The van der Waals surface area contributed by atoms with Crippen molar-refractivity contribution in [3.8, 4) is 5.75 Å². The fourth-order valence-corrected chi connectivity index (χ4v) is 3.89. The highest BCUT2D eigenvalue weighted by molar-refractivity contribution is 7.89. The molecule has 0 unspecified atom stereocenters. The Bertz CT molecular complexity index is 1020. The lowest BCUT2D eigenvalue weighted by Gasteiger charge is -2.15. The van der Waals surface area contributed by atoms with E-state index < -0.39 is 39.8 Å². The Hall–Kier alpha value is -2.63. The van der Waals surface area contributed by atoms with Crippen LogP contribution in [0.15, 0.2) is 41.3 Å². The number of sulfonamides is 1. The first-order valence-electron chi connectivity index (χ1n) is 8.67. The first-order chi connectivity index (χ1) is 14.1. The predicted octanol–water partition coefficient (Wildman–Crippen LogP) is 3.34. The van der Waals surface area contributed by atoms with E-state index in [0.29, 0.717) is 0 Å². The number of carbonyl (C=O) groups excluding carboxylic acids is 1. The molecule has 2 aromatic carbocycles. The molecule has 1 amide bonds. The van der Waals surface area contributed by atoms with Crippen molar-refractivity contribution in [1.29, 1.82) is 0 Å². The number of benzene rings is 2. The number of hydrogen-bond acceptors (Lipinski definition) is 5. The number of hydrogen-bond donors (Lipinski definition) is 2. The highest BCUT2D eigenvalue weighted by atomic mass is 32.2. The number of anilines is 1. The second kappa shape index (κ2) is 9.92. The Morgan fingerprint density at radius 1 is 1.13 bits per heavy atom. The molecule has 0 aliphatic rings. The molecule has 164 valence electrons. The Balaban J connectivity index is 2.35. The summed E-state index contributed by atoms with van der Waals surface area (Å²) in [5, 5.41) is 2.34. The maximum atomic E-state index is 13.4. The van der Waals surface area contributed by atoms with Gasteiger partial charge >= 0.3 is 0 Å². The zero-order valence-electron chi connectivity index (χ0n) is 16.4. The van der Waals surface area contributed by atoms with E-state index in [1.807, 2.05) is 0 Å². The van der Waals surface area contributed by atoms with Crippen LogP contribution in [0.25, 0.3) is 0 Å². The van der Waals surface area contributed by atoms with E-state index in [9.17, 15) is 26.4 Å². The van der Waals surface area contributed by atoms with E-state index in [-0.39, 0.29) is 28.5 Å². The van der Waals surface area contributed by atoms with Gasteiger partial charge < -0.3 is 14.8 Å². The summed E-state index contributed by atoms with van der Waals surface area (Å²) in [4.78, 5) is 12.5. The minimum atomic E-state index is -3.97. The molecule has 11 heteroatoms. The minimum Gasteiger partial charge on any atom is -0.496 e. The standard InChI is InChI=1S/C19H21F3N2O5S/c1-11(10-28-2)24-30(26,27)13-5-7-17(29-3)15(9-13)19(25)23-12-4-6-16(20)14(8-12)18(21)22/h4-9,11,18,24H,10H2,1-3H3,(H,23,25)/t11-/m0/s1. The molecule has 30 heavy (non-hydrogen) atoms. The summed E-state index contributed by atoms with van der Waals surface area (Å²) >= 11 is 0. The third-order valence-corrected chi connectivity index (χ3v) is 5.58. The van der Waals surface area contributed by atoms with E-state index in [0.717, 1.165) is 24.3 Å². The Labute approximate surface area is 172 Å². The van der Waals surface area contributed by atoms with Crippen molar-refractivity contribution < 1.29 is 35.9 Å². The predicted molar refractivity (Wildman–Crippen MR) is 104 cm³/mol. The molecule has 0 aromatic heterocycles. The number of methoxy groups -OCH3 is 2. The van der Waals surface area contributed by atoms with Crippen LogP contribution in [-0.4, -0.2) is 41.2 Å². The molecule has 0 saturated heterocycles. The van der Waals surface area contributed by atoms with Gasteiger partial charge in [0.1, 0.15) is 11.6 Å². The summed E-state index contributed by atoms with van der Waals surface area (Å²) in [5.41, 5.74) is -1.10. The van der Waals surface area contributed by atoms with Crippen LogP contribution in [-0.2, 0) is 14.8 Å². The van der Waals surface area contributed by atoms with Gasteiger partial charge in [0.15, 0.2) is 0 Å². The van der Waals surface area contributed by atoms with Gasteiger partial charge in [-0.05, 0) is 43.3 Å². The third kappa shape index (κ3) is 5.71. The quantitative estimate of drug-likeness (QED) is 0.616. The Morgan fingerprint density at radius 3 is 2.43 bits per heavy atom. The van der Waals surface area contributed by atoms with E-state index in [2.05, 4.69) is 10.0 Å². The largest absolute Gasteiger partial charge is 0.496 e. The second-order valence-corrected chi connectivity index (χ2v) is 8.04. The summed E-state index contributed by atoms with van der Waals surface area (Å²) in [6.45, 7) is 1.74. The number of rotatable bonds is 9. The lowest BCUT2D eigenvalue weighted by Crippen LogP contribution is -2.35. The molecule has 0 aliphatic carbocycles. The molecule has 0 aliphatic heterocycles. The highest BCUT2D eigenvalue weighted by Gasteiger charge is 2.22. The summed E-state index contributed by atoms with van der Waals surface area (Å²) in [6, 6.07) is 5.83. The number of halogens is 3. The fraction of sp³-hybridized carbons (Fsp3) is 0.316. The average Bonchev–Trinajstić information content (AvgIpc) is 2.68. The lowest BCUT2D eigenvalue weighted by atomic mass is 10.1. The molecule has 0 heterocycles. The van der Waals surface area contributed by atoms with Crippen LogP contribution < -0.4 is 14.8 Å². The zero-order valence-corrected chi connectivity index (χ0v) is 17.2. The number of ether oxygens (including phenoxy) is 2. The van der Waals surface area contributed by atoms with Crippen LogP contribution in [0, 0.1) is 5.82 Å². The molecule has 2 N–H and O–H groups in total. The molecular formula is C19H21F3N2O5S. The molecule has 7 nitrogen and oxygen atoms in total. The number of alkyl halides is 2. The first-order valence-corrected chi connectivity index (χ1v) is 10.2. The normalized spacial score (nSPS) is 12.6. The monoisotopic (exact) mass is 446 g/mol. The van der Waals surface area contributed by atoms with Gasteiger partial charge in [-0.3, -0.25) is 4.79 Å². The minimum absolute atomic E-state index is 0.0626. The van der Waals surface area contributed by atoms with Crippen LogP contribution in [0.1, 0.15) is 29.3 Å². The van der Waals surface area contributed by atoms with Crippen molar-refractivity contribution in [2.75, 3.05) is 26.1 Å². The maximum Gasteiger partial charge on any atom is 0.266 e. The van der Waals surface area contributed by atoms with Crippen LogP contribution in [0.4, 0.5) is 18.9 Å². The molecule has 0 radical (unpaired) electrons. The van der Waals surface area contributed by atoms with E-state index in [1.54, 1.807) is 6.92 Å². The molecular weight excluding hydrogens is 425 g/mol. The summed E-state index contributed by atoms with van der Waals surface area (Å²) in [5.74, 6) is -1.86. The van der Waals surface area contributed by atoms with Gasteiger partial charge in [-0.25, -0.2) is 26.3 Å². The molecule has 1 atom stereocenters. The van der Waals surface area contributed by atoms with Gasteiger partial charge in [-0.1, -0.05) is 0 Å². The molecule has 0 fully saturated rings. The Kier molecular flexibility index (Phi) is 7.82. The van der Waals surface area contributed by atoms with Crippen LogP contribution in [0.5, 0.6) is 5.75 Å². The molecule has 0 saturated carbocycles. The molecule has 2 aromatic rings. The van der Waals surface area contributed by atoms with Gasteiger partial charge in [0.2, 0.25) is 10.0 Å². The first kappa shape index (κ1) is 23.6. The third-order valence-electron chi connectivity index (χ3n) is 3.99. The van der Waals surface area contributed by atoms with Gasteiger partial charge in [-0.2, -0.15) is 0 Å². The van der Waals surface area contributed by atoms with Gasteiger partial charge in [0.25, 0.3) is 12.3 Å². The SMILES string of the molecule is COC[C@H](C)NS(=O)(=O)c1ccc(OC)c(C(=O)Nc2ccc(F)c(C(F)F)c2)c1. The zero-order chi connectivity index (χ0) is 22.5. The number of nitrogens with one attached hydrogen (secondary N) is 2. The summed E-state index contributed by atoms with van der Waals surface area (Å²) in [6.07, 6.45) is -3.06. The number of carbonyl (C=O) groups is 1. The van der Waals surface area contributed by atoms with Crippen LogP contribution in [0.2, 0.25) is 0 Å². The van der Waals surface area contributed by atoms with Crippen molar-refractivity contribution in [2.45, 2.75) is 24.3 Å². The van der Waals surface area contributed by atoms with Crippen molar-refractivity contribution in [3.63, 3.8) is 0 Å². The van der Waals surface area contributed by atoms with Gasteiger partial charge in [0, 0.05) is 18.8 Å². The lowest BCUT2D eigenvalue weighted by molar-refractivity contribution is 0.102. The van der Waals surface area contributed by atoms with E-state index >= 15 is 0 Å². The Morgan fingerprint density at radius 2 is 1.83 bits per heavy atom. The van der Waals surface area contributed by atoms with Crippen molar-refractivity contribution in [2.24, 2.45) is 0 Å². The van der Waals surface area contributed by atoms with Crippen molar-refractivity contribution >= 4 is 21.6 Å². The fourth-order valence-electron chi connectivity index (χ4n) is 2.64. The topological polar surface area (TPSA) is 93.7 Å². The summed E-state index contributed by atoms with van der Waals surface area (Å²) < 4.78 is 76.7. The number of amides is 1. The van der Waals surface area contributed by atoms with Crippen LogP contribution in [0.3, 0.4) is 0 Å². The van der Waals surface area contributed by atoms with Crippen LogP contribution >= 0.6 is 0 Å². The van der Waals surface area contributed by atoms with Gasteiger partial charge in [0.05, 0.1) is 29.7 Å². The summed E-state index contributed by atoms with van der Waals surface area (Å²) in [7, 11) is -1.26. The molecule has 0 bridgehead atoms. The molecule has 0 spiro atoms. The van der Waals surface area contributed by atoms with E-state index in [1.165, 1.54) is 26.4 Å². The van der Waals surface area contributed by atoms with Crippen molar-refractivity contribution in [3.05, 3.63) is 53.3 Å². The maximum absolute atomic E-state index is 13.4. The highest BCUT2D eigenvalue weighted by Crippen LogP contribution is 2.27. The van der Waals surface area contributed by atoms with Gasteiger partial charge in [-0.15, -0.1) is 0 Å². The smallest absolute Gasteiger partial charge is 0.266 e. The van der Waals surface area contributed by atoms with E-state index in [4.69, 9.17) is 9.47 Å². The average molecular weight is 446 g/mol.